The standard InChI is InChI=1S/C16H22FN3/c1-4-10-18-16(13-8-6-7-9-14(13)17)15-11-12(5-2)19-20(15)3/h6-9,11,16,18H,4-5,10H2,1-3H3. The molecule has 0 aliphatic rings. The topological polar surface area (TPSA) is 29.9 Å². The summed E-state index contributed by atoms with van der Waals surface area (Å²) in [6.45, 7) is 5.02. The number of aromatic nitrogens is 2. The molecule has 0 bridgehead atoms. The molecule has 0 saturated heterocycles. The number of rotatable bonds is 6. The first-order chi connectivity index (χ1) is 9.67. The predicted molar refractivity (Wildman–Crippen MR) is 79.1 cm³/mol. The van der Waals surface area contributed by atoms with Gasteiger partial charge in [0.15, 0.2) is 0 Å². The highest BCUT2D eigenvalue weighted by atomic mass is 19.1. The summed E-state index contributed by atoms with van der Waals surface area (Å²) in [4.78, 5) is 0. The van der Waals surface area contributed by atoms with E-state index in [2.05, 4.69) is 30.3 Å². The van der Waals surface area contributed by atoms with Crippen LogP contribution >= 0.6 is 0 Å². The van der Waals surface area contributed by atoms with Gasteiger partial charge in [0.05, 0.1) is 17.4 Å². The van der Waals surface area contributed by atoms with Gasteiger partial charge >= 0.3 is 0 Å². The molecule has 0 saturated carbocycles. The van der Waals surface area contributed by atoms with Crippen LogP contribution in [0.2, 0.25) is 0 Å². The molecule has 20 heavy (non-hydrogen) atoms. The molecule has 2 rings (SSSR count). The zero-order chi connectivity index (χ0) is 14.5. The number of hydrogen-bond donors (Lipinski definition) is 1. The third-order valence-electron chi connectivity index (χ3n) is 3.44. The Balaban J connectivity index is 2.41. The molecule has 4 heteroatoms. The van der Waals surface area contributed by atoms with Crippen LogP contribution in [0.5, 0.6) is 0 Å². The maximum Gasteiger partial charge on any atom is 0.128 e. The van der Waals surface area contributed by atoms with Crippen molar-refractivity contribution in [3.63, 3.8) is 0 Å². The van der Waals surface area contributed by atoms with Crippen molar-refractivity contribution in [2.24, 2.45) is 7.05 Å². The van der Waals surface area contributed by atoms with Crippen LogP contribution in [0.25, 0.3) is 0 Å². The Morgan fingerprint density at radius 2 is 2.05 bits per heavy atom. The van der Waals surface area contributed by atoms with E-state index in [1.807, 2.05) is 23.9 Å². The van der Waals surface area contributed by atoms with Crippen molar-refractivity contribution in [2.75, 3.05) is 6.54 Å². The monoisotopic (exact) mass is 275 g/mol. The number of hydrogen-bond acceptors (Lipinski definition) is 2. The lowest BCUT2D eigenvalue weighted by molar-refractivity contribution is 0.520. The van der Waals surface area contributed by atoms with Crippen molar-refractivity contribution in [3.05, 3.63) is 53.1 Å². The van der Waals surface area contributed by atoms with Gasteiger partial charge in [-0.05, 0) is 31.5 Å². The van der Waals surface area contributed by atoms with Gasteiger partial charge in [-0.25, -0.2) is 4.39 Å². The largest absolute Gasteiger partial charge is 0.305 e. The van der Waals surface area contributed by atoms with E-state index in [0.717, 1.165) is 30.8 Å². The molecule has 108 valence electrons. The lowest BCUT2D eigenvalue weighted by Gasteiger charge is -2.19. The second-order valence-electron chi connectivity index (χ2n) is 4.95. The maximum absolute atomic E-state index is 14.1. The lowest BCUT2D eigenvalue weighted by Crippen LogP contribution is -2.26. The van der Waals surface area contributed by atoms with Crippen molar-refractivity contribution in [3.8, 4) is 0 Å². The highest BCUT2D eigenvalue weighted by molar-refractivity contribution is 5.30. The minimum Gasteiger partial charge on any atom is -0.305 e. The molecule has 0 radical (unpaired) electrons. The molecule has 0 aliphatic carbocycles. The van der Waals surface area contributed by atoms with Gasteiger partial charge in [0.1, 0.15) is 5.82 Å². The molecule has 0 fully saturated rings. The zero-order valence-electron chi connectivity index (χ0n) is 12.4. The molecule has 1 atom stereocenters. The summed E-state index contributed by atoms with van der Waals surface area (Å²) in [5.41, 5.74) is 2.70. The van der Waals surface area contributed by atoms with Crippen LogP contribution in [0.15, 0.2) is 30.3 Å². The Hall–Kier alpha value is -1.68. The van der Waals surface area contributed by atoms with E-state index in [-0.39, 0.29) is 11.9 Å². The van der Waals surface area contributed by atoms with Gasteiger partial charge in [0, 0.05) is 12.6 Å². The molecular formula is C16H22FN3. The summed E-state index contributed by atoms with van der Waals surface area (Å²) in [5, 5.41) is 7.89. The minimum absolute atomic E-state index is 0.158. The Morgan fingerprint density at radius 1 is 1.30 bits per heavy atom. The van der Waals surface area contributed by atoms with E-state index in [1.54, 1.807) is 6.07 Å². The lowest BCUT2D eigenvalue weighted by atomic mass is 10.0. The highest BCUT2D eigenvalue weighted by Crippen LogP contribution is 2.25. The van der Waals surface area contributed by atoms with E-state index < -0.39 is 0 Å². The van der Waals surface area contributed by atoms with Gasteiger partial charge in [0.25, 0.3) is 0 Å². The number of nitrogens with zero attached hydrogens (tertiary/aromatic N) is 2. The molecule has 3 nitrogen and oxygen atoms in total. The molecule has 0 aliphatic heterocycles. The first-order valence-electron chi connectivity index (χ1n) is 7.18. The third-order valence-corrected chi connectivity index (χ3v) is 3.44. The summed E-state index contributed by atoms with van der Waals surface area (Å²) < 4.78 is 15.9. The summed E-state index contributed by atoms with van der Waals surface area (Å²) in [5.74, 6) is -0.180. The van der Waals surface area contributed by atoms with Crippen molar-refractivity contribution < 1.29 is 4.39 Å². The molecule has 0 amide bonds. The van der Waals surface area contributed by atoms with Gasteiger partial charge in [-0.1, -0.05) is 32.0 Å². The third kappa shape index (κ3) is 3.07. The Bertz CT molecular complexity index is 563. The minimum atomic E-state index is -0.180. The second kappa shape index (κ2) is 6.66. The van der Waals surface area contributed by atoms with Crippen molar-refractivity contribution in [2.45, 2.75) is 32.7 Å². The number of halogens is 1. The Labute approximate surface area is 119 Å². The molecule has 1 N–H and O–H groups in total. The Kier molecular flexibility index (Phi) is 4.90. The SMILES string of the molecule is CCCNC(c1ccccc1F)c1cc(CC)nn1C. The smallest absolute Gasteiger partial charge is 0.128 e. The van der Waals surface area contributed by atoms with Gasteiger partial charge < -0.3 is 5.32 Å². The highest BCUT2D eigenvalue weighted by Gasteiger charge is 2.20. The first-order valence-corrected chi connectivity index (χ1v) is 7.18. The van der Waals surface area contributed by atoms with Crippen LogP contribution in [0.3, 0.4) is 0 Å². The molecule has 0 spiro atoms. The van der Waals surface area contributed by atoms with Crippen LogP contribution < -0.4 is 5.32 Å². The summed E-state index contributed by atoms with van der Waals surface area (Å²) >= 11 is 0. The summed E-state index contributed by atoms with van der Waals surface area (Å²) in [6.07, 6.45) is 1.88. The number of nitrogens with one attached hydrogen (secondary N) is 1. The van der Waals surface area contributed by atoms with Gasteiger partial charge in [-0.3, -0.25) is 4.68 Å². The maximum atomic E-state index is 14.1. The van der Waals surface area contributed by atoms with Crippen LogP contribution in [0.1, 0.15) is 43.3 Å². The second-order valence-corrected chi connectivity index (χ2v) is 4.95. The fraction of sp³-hybridized carbons (Fsp3) is 0.438. The van der Waals surface area contributed by atoms with Gasteiger partial charge in [-0.2, -0.15) is 5.10 Å². The van der Waals surface area contributed by atoms with E-state index in [0.29, 0.717) is 5.56 Å². The van der Waals surface area contributed by atoms with Crippen molar-refractivity contribution in [1.82, 2.24) is 15.1 Å². The van der Waals surface area contributed by atoms with Crippen molar-refractivity contribution >= 4 is 0 Å². The average molecular weight is 275 g/mol. The molecular weight excluding hydrogens is 253 g/mol. The van der Waals surface area contributed by atoms with Crippen LogP contribution in [0.4, 0.5) is 4.39 Å². The molecule has 1 unspecified atom stereocenters. The number of benzene rings is 1. The van der Waals surface area contributed by atoms with Crippen LogP contribution in [-0.4, -0.2) is 16.3 Å². The van der Waals surface area contributed by atoms with Gasteiger partial charge in [-0.15, -0.1) is 0 Å². The average Bonchev–Trinajstić information content (AvgIpc) is 2.82. The molecule has 1 aromatic carbocycles. The van der Waals surface area contributed by atoms with Crippen LogP contribution in [0, 0.1) is 5.82 Å². The van der Waals surface area contributed by atoms with E-state index in [9.17, 15) is 4.39 Å². The summed E-state index contributed by atoms with van der Waals surface area (Å²) in [7, 11) is 1.91. The fourth-order valence-electron chi connectivity index (χ4n) is 2.36. The fourth-order valence-corrected chi connectivity index (χ4v) is 2.36. The quantitative estimate of drug-likeness (QED) is 0.877. The molecule has 1 heterocycles. The predicted octanol–water partition coefficient (Wildman–Crippen LogP) is 3.21. The first kappa shape index (κ1) is 14.7. The van der Waals surface area contributed by atoms with Crippen molar-refractivity contribution in [1.29, 1.82) is 0 Å². The summed E-state index contributed by atoms with van der Waals surface area (Å²) in [6, 6.07) is 8.83. The van der Waals surface area contributed by atoms with Crippen LogP contribution in [-0.2, 0) is 13.5 Å². The van der Waals surface area contributed by atoms with E-state index >= 15 is 0 Å². The zero-order valence-corrected chi connectivity index (χ0v) is 12.4. The van der Waals surface area contributed by atoms with Gasteiger partial charge in [0.2, 0.25) is 0 Å². The number of aryl methyl sites for hydroxylation is 2. The van der Waals surface area contributed by atoms with E-state index in [4.69, 9.17) is 0 Å². The normalized spacial score (nSPS) is 12.6. The molecule has 2 aromatic rings. The molecule has 1 aromatic heterocycles. The van der Waals surface area contributed by atoms with E-state index in [1.165, 1.54) is 6.07 Å². The Morgan fingerprint density at radius 3 is 2.65 bits per heavy atom.